The van der Waals surface area contributed by atoms with Crippen LogP contribution in [0.2, 0.25) is 0 Å². The van der Waals surface area contributed by atoms with Crippen LogP contribution >= 0.6 is 0 Å². The molecule has 21 heavy (non-hydrogen) atoms. The molecule has 2 aromatic rings. The normalized spacial score (nSPS) is 26.7. The standard InChI is InChI=1S/C15H22N6/c1-10-9-21(3)11(2)7-14(10)16-13-6-4-5-12(8-13)15-17-19-20-18-15/h4-6,8,10-11,14,16H,7,9H2,1-3H3,(H,17,18,19,20). The number of piperidine rings is 1. The number of likely N-dealkylation sites (tertiary alicyclic amines) is 1. The van der Waals surface area contributed by atoms with Gasteiger partial charge in [-0.1, -0.05) is 19.1 Å². The van der Waals surface area contributed by atoms with Crippen LogP contribution in [0.3, 0.4) is 0 Å². The van der Waals surface area contributed by atoms with E-state index in [0.717, 1.165) is 24.2 Å². The predicted molar refractivity (Wildman–Crippen MR) is 82.9 cm³/mol. The molecule has 0 spiro atoms. The molecule has 112 valence electrons. The van der Waals surface area contributed by atoms with E-state index in [4.69, 9.17) is 0 Å². The van der Waals surface area contributed by atoms with Gasteiger partial charge in [0.2, 0.25) is 5.82 Å². The number of anilines is 1. The van der Waals surface area contributed by atoms with Crippen LogP contribution in [0.4, 0.5) is 5.69 Å². The van der Waals surface area contributed by atoms with E-state index in [1.807, 2.05) is 12.1 Å². The Balaban J connectivity index is 1.74. The van der Waals surface area contributed by atoms with E-state index in [1.54, 1.807) is 0 Å². The summed E-state index contributed by atoms with van der Waals surface area (Å²) in [5, 5.41) is 17.8. The molecule has 3 unspecified atom stereocenters. The van der Waals surface area contributed by atoms with Crippen molar-refractivity contribution in [3.05, 3.63) is 24.3 Å². The SMILES string of the molecule is CC1CN(C)C(C)CC1Nc1cccc(-c2nn[nH]n2)c1. The summed E-state index contributed by atoms with van der Waals surface area (Å²) in [4.78, 5) is 2.43. The van der Waals surface area contributed by atoms with Crippen molar-refractivity contribution in [1.82, 2.24) is 25.5 Å². The minimum Gasteiger partial charge on any atom is -0.382 e. The largest absolute Gasteiger partial charge is 0.382 e. The molecule has 0 aliphatic carbocycles. The molecule has 1 fully saturated rings. The van der Waals surface area contributed by atoms with Crippen LogP contribution in [0.15, 0.2) is 24.3 Å². The number of aromatic nitrogens is 4. The summed E-state index contributed by atoms with van der Waals surface area (Å²) in [5.41, 5.74) is 2.09. The summed E-state index contributed by atoms with van der Waals surface area (Å²) in [5.74, 6) is 1.25. The first-order chi connectivity index (χ1) is 10.1. The average molecular weight is 286 g/mol. The Morgan fingerprint density at radius 1 is 1.33 bits per heavy atom. The highest BCUT2D eigenvalue weighted by Gasteiger charge is 2.28. The van der Waals surface area contributed by atoms with Crippen molar-refractivity contribution in [2.24, 2.45) is 5.92 Å². The second-order valence-corrected chi connectivity index (χ2v) is 6.07. The summed E-state index contributed by atoms with van der Waals surface area (Å²) >= 11 is 0. The highest BCUT2D eigenvalue weighted by atomic mass is 15.5. The van der Waals surface area contributed by atoms with Gasteiger partial charge in [-0.25, -0.2) is 0 Å². The van der Waals surface area contributed by atoms with Crippen LogP contribution in [0.1, 0.15) is 20.3 Å². The Hall–Kier alpha value is -1.95. The molecule has 6 heteroatoms. The molecule has 1 aliphatic rings. The average Bonchev–Trinajstić information content (AvgIpc) is 2.99. The maximum Gasteiger partial charge on any atom is 0.204 e. The Bertz CT molecular complexity index is 582. The van der Waals surface area contributed by atoms with Gasteiger partial charge in [0.25, 0.3) is 0 Å². The second-order valence-electron chi connectivity index (χ2n) is 6.07. The second kappa shape index (κ2) is 5.81. The van der Waals surface area contributed by atoms with Gasteiger partial charge in [-0.3, -0.25) is 0 Å². The van der Waals surface area contributed by atoms with E-state index in [-0.39, 0.29) is 0 Å². The molecule has 0 radical (unpaired) electrons. The summed E-state index contributed by atoms with van der Waals surface area (Å²) in [6.07, 6.45) is 1.16. The van der Waals surface area contributed by atoms with Crippen LogP contribution in [-0.2, 0) is 0 Å². The van der Waals surface area contributed by atoms with Gasteiger partial charge in [0, 0.05) is 29.9 Å². The van der Waals surface area contributed by atoms with Gasteiger partial charge >= 0.3 is 0 Å². The lowest BCUT2D eigenvalue weighted by atomic mass is 9.89. The quantitative estimate of drug-likeness (QED) is 0.903. The van der Waals surface area contributed by atoms with Crippen LogP contribution < -0.4 is 5.32 Å². The third-order valence-electron chi connectivity index (χ3n) is 4.43. The van der Waals surface area contributed by atoms with Gasteiger partial charge in [0.1, 0.15) is 0 Å². The van der Waals surface area contributed by atoms with Crippen LogP contribution in [-0.4, -0.2) is 51.2 Å². The van der Waals surface area contributed by atoms with Gasteiger partial charge in [0.15, 0.2) is 0 Å². The number of benzene rings is 1. The van der Waals surface area contributed by atoms with E-state index >= 15 is 0 Å². The lowest BCUT2D eigenvalue weighted by molar-refractivity contribution is 0.145. The van der Waals surface area contributed by atoms with Crippen LogP contribution in [0, 0.1) is 5.92 Å². The minimum atomic E-state index is 0.497. The molecule has 1 aromatic carbocycles. The highest BCUT2D eigenvalue weighted by molar-refractivity contribution is 5.62. The topological polar surface area (TPSA) is 69.7 Å². The summed E-state index contributed by atoms with van der Waals surface area (Å²) < 4.78 is 0. The number of nitrogens with one attached hydrogen (secondary N) is 2. The third-order valence-corrected chi connectivity index (χ3v) is 4.43. The zero-order chi connectivity index (χ0) is 14.8. The van der Waals surface area contributed by atoms with Crippen molar-refractivity contribution in [3.8, 4) is 11.4 Å². The highest BCUT2D eigenvalue weighted by Crippen LogP contribution is 2.26. The molecular weight excluding hydrogens is 264 g/mol. The monoisotopic (exact) mass is 286 g/mol. The Labute approximate surface area is 124 Å². The van der Waals surface area contributed by atoms with Gasteiger partial charge in [-0.05, 0) is 43.7 Å². The lowest BCUT2D eigenvalue weighted by Gasteiger charge is -2.40. The van der Waals surface area contributed by atoms with E-state index in [9.17, 15) is 0 Å². The van der Waals surface area contributed by atoms with Crippen molar-refractivity contribution in [1.29, 1.82) is 0 Å². The maximum atomic E-state index is 4.03. The van der Waals surface area contributed by atoms with Gasteiger partial charge in [-0.15, -0.1) is 10.2 Å². The fourth-order valence-electron chi connectivity index (χ4n) is 2.99. The molecule has 0 bridgehead atoms. The minimum absolute atomic E-state index is 0.497. The smallest absolute Gasteiger partial charge is 0.204 e. The fraction of sp³-hybridized carbons (Fsp3) is 0.533. The summed E-state index contributed by atoms with van der Waals surface area (Å²) in [7, 11) is 2.20. The van der Waals surface area contributed by atoms with Crippen molar-refractivity contribution in [2.45, 2.75) is 32.4 Å². The van der Waals surface area contributed by atoms with Gasteiger partial charge in [-0.2, -0.15) is 5.21 Å². The first-order valence-corrected chi connectivity index (χ1v) is 7.44. The van der Waals surface area contributed by atoms with E-state index in [2.05, 4.69) is 63.9 Å². The summed E-state index contributed by atoms with van der Waals surface area (Å²) in [6.45, 7) is 5.72. The molecular formula is C15H22N6. The van der Waals surface area contributed by atoms with Crippen molar-refractivity contribution in [3.63, 3.8) is 0 Å². The predicted octanol–water partition coefficient (Wildman–Crippen LogP) is 2.01. The van der Waals surface area contributed by atoms with E-state index < -0.39 is 0 Å². The zero-order valence-corrected chi connectivity index (χ0v) is 12.7. The number of H-pyrrole nitrogens is 1. The molecule has 0 amide bonds. The summed E-state index contributed by atoms with van der Waals surface area (Å²) in [6, 6.07) is 9.31. The number of nitrogens with zero attached hydrogens (tertiary/aromatic N) is 4. The number of tetrazole rings is 1. The molecule has 3 atom stereocenters. The molecule has 1 aromatic heterocycles. The van der Waals surface area contributed by atoms with Crippen molar-refractivity contribution in [2.75, 3.05) is 18.9 Å². The van der Waals surface area contributed by atoms with E-state index in [0.29, 0.717) is 23.8 Å². The maximum absolute atomic E-state index is 4.03. The first kappa shape index (κ1) is 14.0. The van der Waals surface area contributed by atoms with Gasteiger partial charge < -0.3 is 10.2 Å². The molecule has 3 rings (SSSR count). The lowest BCUT2D eigenvalue weighted by Crippen LogP contribution is -2.48. The molecule has 6 nitrogen and oxygen atoms in total. The first-order valence-electron chi connectivity index (χ1n) is 7.44. The molecule has 2 heterocycles. The number of aromatic amines is 1. The molecule has 0 saturated carbocycles. The number of hydrogen-bond donors (Lipinski definition) is 2. The fourth-order valence-corrected chi connectivity index (χ4v) is 2.99. The van der Waals surface area contributed by atoms with Gasteiger partial charge in [0.05, 0.1) is 0 Å². The number of hydrogen-bond acceptors (Lipinski definition) is 5. The zero-order valence-electron chi connectivity index (χ0n) is 12.7. The molecule has 1 aliphatic heterocycles. The number of rotatable bonds is 3. The van der Waals surface area contributed by atoms with E-state index in [1.165, 1.54) is 0 Å². The van der Waals surface area contributed by atoms with Crippen molar-refractivity contribution >= 4 is 5.69 Å². The molecule has 1 saturated heterocycles. The Kier molecular flexibility index (Phi) is 3.88. The molecule has 2 N–H and O–H groups in total. The Morgan fingerprint density at radius 3 is 2.95 bits per heavy atom. The van der Waals surface area contributed by atoms with Crippen LogP contribution in [0.5, 0.6) is 0 Å². The third kappa shape index (κ3) is 3.05. The van der Waals surface area contributed by atoms with Crippen LogP contribution in [0.25, 0.3) is 11.4 Å². The Morgan fingerprint density at radius 2 is 2.19 bits per heavy atom. The van der Waals surface area contributed by atoms with Crippen molar-refractivity contribution < 1.29 is 0 Å².